The summed E-state index contributed by atoms with van der Waals surface area (Å²) in [5.41, 5.74) is -1.55. The number of hydrogen-bond donors (Lipinski definition) is 10. The van der Waals surface area contributed by atoms with Crippen molar-refractivity contribution in [2.45, 2.75) is 329 Å². The van der Waals surface area contributed by atoms with Crippen molar-refractivity contribution >= 4 is 101 Å². The van der Waals surface area contributed by atoms with Crippen molar-refractivity contribution in [3.05, 3.63) is 0 Å². The van der Waals surface area contributed by atoms with E-state index in [9.17, 15) is 91.7 Å². The Labute approximate surface area is 601 Å². The normalized spacial score (nSPS) is 14.3. The molecule has 103 heavy (non-hydrogen) atoms. The van der Waals surface area contributed by atoms with Crippen LogP contribution in [-0.2, 0) is 115 Å². The molecule has 0 spiro atoms. The molecule has 0 fully saturated rings. The third kappa shape index (κ3) is 46.2. The lowest BCUT2D eigenvalue weighted by Crippen LogP contribution is -2.60. The molecule has 0 radical (unpaired) electrons. The Kier molecular flexibility index (Phi) is 37.7. The quantitative estimate of drug-likeness (QED) is 0.0241. The third-order valence-corrected chi connectivity index (χ3v) is 12.7. The maximum atomic E-state index is 15.0. The zero-order valence-electron chi connectivity index (χ0n) is 63.4. The molecule has 0 saturated heterocycles. The van der Waals surface area contributed by atoms with Crippen molar-refractivity contribution in [2.24, 2.45) is 5.73 Å². The van der Waals surface area contributed by atoms with Crippen molar-refractivity contribution in [1.29, 1.82) is 0 Å². The second-order valence-electron chi connectivity index (χ2n) is 31.2. The van der Waals surface area contributed by atoms with Gasteiger partial charge in [0.1, 0.15) is 81.5 Å². The van der Waals surface area contributed by atoms with Crippen molar-refractivity contribution in [2.75, 3.05) is 0 Å². The van der Waals surface area contributed by atoms with E-state index in [0.717, 1.165) is 0 Å². The fraction of sp³-hybridized carbons (Fsp3) is 0.750. The van der Waals surface area contributed by atoms with Crippen molar-refractivity contribution in [3.63, 3.8) is 0 Å². The monoisotopic (exact) mass is 1470 g/mol. The Morgan fingerprint density at radius 2 is 0.456 bits per heavy atom. The predicted octanol–water partition coefficient (Wildman–Crippen LogP) is 3.26. The molecule has 0 unspecified atom stereocenters. The summed E-state index contributed by atoms with van der Waals surface area (Å²) in [6, 6.07) is -15.1. The summed E-state index contributed by atoms with van der Waals surface area (Å²) in [5.74, 6) is -18.7. The Morgan fingerprint density at radius 1 is 0.272 bits per heavy atom. The highest BCUT2D eigenvalue weighted by Crippen LogP contribution is 2.19. The predicted molar refractivity (Wildman–Crippen MR) is 363 cm³/mol. The first-order valence-electron chi connectivity index (χ1n) is 33.7. The number of carboxylic acid groups (broad SMARTS) is 2. The summed E-state index contributed by atoms with van der Waals surface area (Å²) in [4.78, 5) is 230. The van der Waals surface area contributed by atoms with E-state index in [1.807, 2.05) is 0 Å². The van der Waals surface area contributed by atoms with E-state index in [1.54, 1.807) is 41.5 Å². The van der Waals surface area contributed by atoms with Crippen molar-refractivity contribution in [1.82, 2.24) is 37.2 Å². The largest absolute Gasteiger partial charge is 0.516 e. The number of carbonyl (C=O) groups is 17. The molecule has 35 heteroatoms. The van der Waals surface area contributed by atoms with Gasteiger partial charge in [0.2, 0.25) is 41.4 Å². The fourth-order valence-electron chi connectivity index (χ4n) is 8.66. The topological polar surface area (TPSA) is 515 Å². The Balaban J connectivity index is 8.24. The summed E-state index contributed by atoms with van der Waals surface area (Å²) in [6.45, 7) is 32.1. The number of rotatable bonds is 38. The highest BCUT2D eigenvalue weighted by atomic mass is 16.7. The number of carboxylic acids is 2. The van der Waals surface area contributed by atoms with Gasteiger partial charge < -0.3 is 91.1 Å². The van der Waals surface area contributed by atoms with Crippen LogP contribution in [0.1, 0.15) is 242 Å². The van der Waals surface area contributed by atoms with Crippen LogP contribution in [0.3, 0.4) is 0 Å². The van der Waals surface area contributed by atoms with Gasteiger partial charge >= 0.3 is 59.9 Å². The van der Waals surface area contributed by atoms with Gasteiger partial charge in [0, 0.05) is 44.9 Å². The fourth-order valence-corrected chi connectivity index (χ4v) is 8.66. The molecule has 0 rings (SSSR count). The summed E-state index contributed by atoms with van der Waals surface area (Å²) in [7, 11) is 0. The first kappa shape index (κ1) is 93.9. The van der Waals surface area contributed by atoms with Crippen LogP contribution in [0.2, 0.25) is 0 Å². The number of nitrogens with one attached hydrogen (secondary N) is 7. The SMILES string of the molecule is CC(C)(C)OC(=O)CC[C@H](NC(=O)[C@H](CCC(=O)OC(C)(C)C)NC(=O)[C@H](CCC(=O)OC(C)(C)C)NC(=O)[C@H](CCC(=O)OC(C)(C)C)NC(=O)[C@H](CCC(=O)OC(C)(C)C)NC(=O)[C@H](CCC(=O)OC(C)(C)C)NC(=O)[C@@H](N)CC(=O)OC(=O)OC(C)(C)C)C(=O)N[C@@H](CCC(=O)O)C(=O)O. The minimum Gasteiger partial charge on any atom is -0.481 e. The van der Waals surface area contributed by atoms with E-state index in [2.05, 4.69) is 42.0 Å². The second kappa shape index (κ2) is 41.3. The van der Waals surface area contributed by atoms with Crippen LogP contribution in [0.4, 0.5) is 4.79 Å². The van der Waals surface area contributed by atoms with Gasteiger partial charge in [0.15, 0.2) is 0 Å². The highest BCUT2D eigenvalue weighted by molar-refractivity contribution is 5.99. The number of aliphatic carboxylic acids is 2. The lowest BCUT2D eigenvalue weighted by atomic mass is 10.0. The number of nitrogens with two attached hydrogens (primary N) is 1. The van der Waals surface area contributed by atoms with Gasteiger partial charge in [-0.2, -0.15) is 0 Å². The molecule has 0 saturated carbocycles. The van der Waals surface area contributed by atoms with E-state index in [1.165, 1.54) is 104 Å². The maximum absolute atomic E-state index is 15.0. The van der Waals surface area contributed by atoms with Gasteiger partial charge in [-0.05, 0) is 190 Å². The number of hydrogen-bond acceptors (Lipinski definition) is 26. The van der Waals surface area contributed by atoms with Crippen LogP contribution in [0, 0.1) is 0 Å². The first-order valence-corrected chi connectivity index (χ1v) is 33.7. The van der Waals surface area contributed by atoms with Crippen LogP contribution in [-0.4, -0.2) is 199 Å². The molecule has 11 N–H and O–H groups in total. The van der Waals surface area contributed by atoms with Crippen LogP contribution < -0.4 is 43.0 Å². The number of esters is 7. The zero-order valence-corrected chi connectivity index (χ0v) is 63.4. The minimum absolute atomic E-state index is 0.577. The van der Waals surface area contributed by atoms with Crippen molar-refractivity contribution in [3.8, 4) is 0 Å². The Hall–Kier alpha value is -9.05. The van der Waals surface area contributed by atoms with Crippen molar-refractivity contribution < 1.29 is 130 Å². The van der Waals surface area contributed by atoms with Gasteiger partial charge in [-0.1, -0.05) is 0 Å². The molecule has 586 valence electrons. The lowest BCUT2D eigenvalue weighted by Gasteiger charge is -2.28. The van der Waals surface area contributed by atoms with Gasteiger partial charge in [-0.25, -0.2) is 9.59 Å². The Morgan fingerprint density at radius 3 is 0.641 bits per heavy atom. The molecule has 0 aromatic rings. The van der Waals surface area contributed by atoms with E-state index in [0.29, 0.717) is 0 Å². The molecule has 35 nitrogen and oxygen atoms in total. The molecule has 0 aromatic heterocycles. The van der Waals surface area contributed by atoms with Gasteiger partial charge in [-0.3, -0.25) is 71.9 Å². The third-order valence-electron chi connectivity index (χ3n) is 12.7. The summed E-state index contributed by atoms with van der Waals surface area (Å²) in [6.07, 6.45) is -11.3. The van der Waals surface area contributed by atoms with Crippen LogP contribution >= 0.6 is 0 Å². The molecule has 8 atom stereocenters. The maximum Gasteiger partial charge on any atom is 0.516 e. The average molecular weight is 1470 g/mol. The van der Waals surface area contributed by atoms with Crippen LogP contribution in [0.15, 0.2) is 0 Å². The summed E-state index contributed by atoms with van der Waals surface area (Å²) < 4.78 is 42.2. The van der Waals surface area contributed by atoms with Crippen LogP contribution in [0.5, 0.6) is 0 Å². The van der Waals surface area contributed by atoms with Gasteiger partial charge in [0.25, 0.3) is 0 Å². The lowest BCUT2D eigenvalue weighted by molar-refractivity contribution is -0.156. The van der Waals surface area contributed by atoms with E-state index in [-0.39, 0.29) is 0 Å². The molecule has 0 aliphatic carbocycles. The summed E-state index contributed by atoms with van der Waals surface area (Å²) >= 11 is 0. The van der Waals surface area contributed by atoms with E-state index in [4.69, 9.17) is 38.9 Å². The molecule has 0 aliphatic rings. The molecule has 0 aliphatic heterocycles. The van der Waals surface area contributed by atoms with Gasteiger partial charge in [-0.15, -0.1) is 0 Å². The minimum atomic E-state index is -1.96. The standard InChI is InChI=1S/C68H112N8O27/c1-62(2,3)97-46(79)30-23-38(70-53(86)37(69)36-52(85)96-61(95)103-68(19,20)21)54(87)71-39(24-31-47(80)98-63(4,5)6)55(88)72-40(25-32-48(81)99-64(7,8)9)56(89)73-41(26-33-49(82)100-65(10,11)12)57(90)74-42(27-34-50(83)101-66(13,14)15)58(91)75-43(28-35-51(84)102-67(16,17)18)59(92)76-44(60(93)94)22-29-45(77)78/h37-44H,22-36,69H2,1-21H3,(H,70,86)(H,71,87)(H,72,88)(H,73,89)(H,74,90)(H,75,91)(H,76,92)(H,77,78)(H,93,94)/t37-,38-,39-,40-,41-,42-,43-,44-/m0/s1. The smallest absolute Gasteiger partial charge is 0.481 e. The molecule has 0 aromatic carbocycles. The summed E-state index contributed by atoms with van der Waals surface area (Å²) in [5, 5.41) is 35.6. The molecular weight excluding hydrogens is 1360 g/mol. The van der Waals surface area contributed by atoms with Crippen LogP contribution in [0.25, 0.3) is 0 Å². The second-order valence-corrected chi connectivity index (χ2v) is 31.2. The highest BCUT2D eigenvalue weighted by Gasteiger charge is 2.38. The van der Waals surface area contributed by atoms with Gasteiger partial charge in [0.05, 0.1) is 12.5 Å². The van der Waals surface area contributed by atoms with E-state index >= 15 is 0 Å². The average Bonchev–Trinajstić information content (AvgIpc) is 0.853. The molecule has 0 heterocycles. The number of carbonyl (C=O) groups excluding carboxylic acids is 15. The molecular formula is C68H112N8O27. The Bertz CT molecular complexity index is 3010. The zero-order chi connectivity index (χ0) is 80.1. The number of amides is 7. The molecule has 0 bridgehead atoms. The number of ether oxygens (including phenoxy) is 8. The van der Waals surface area contributed by atoms with E-state index < -0.39 is 285 Å². The molecule has 7 amide bonds. The first-order chi connectivity index (χ1) is 46.6.